The molecule has 1 aromatic carbocycles. The van der Waals surface area contributed by atoms with Crippen molar-refractivity contribution < 1.29 is 4.79 Å². The highest BCUT2D eigenvalue weighted by atomic mass is 35.5. The van der Waals surface area contributed by atoms with E-state index in [2.05, 4.69) is 25.3 Å². The molecule has 0 bridgehead atoms. The number of aromatic amines is 2. The standard InChI is InChI=1S/C14H13ClN6O2S/c1-6-2-3-7(15)4-8(6)17-9(22)5-24-14-18-10-11(20-14)19-13(16)21-12(10)23/h2-4H,5H2,1H3,(H,17,22)(H4,16,18,19,20,21,23). The van der Waals surface area contributed by atoms with Gasteiger partial charge in [-0.15, -0.1) is 0 Å². The number of aryl methyl sites for hydroxylation is 1. The van der Waals surface area contributed by atoms with Gasteiger partial charge in [0, 0.05) is 10.7 Å². The van der Waals surface area contributed by atoms with Crippen LogP contribution >= 0.6 is 23.4 Å². The van der Waals surface area contributed by atoms with Gasteiger partial charge in [-0.3, -0.25) is 14.6 Å². The average Bonchev–Trinajstić information content (AvgIpc) is 2.92. The second-order valence-electron chi connectivity index (χ2n) is 4.99. The molecule has 2 aromatic heterocycles. The zero-order valence-electron chi connectivity index (χ0n) is 12.5. The molecule has 0 saturated carbocycles. The molecular weight excluding hydrogens is 352 g/mol. The van der Waals surface area contributed by atoms with E-state index < -0.39 is 5.56 Å². The molecule has 0 atom stereocenters. The number of aromatic nitrogens is 4. The molecule has 8 nitrogen and oxygen atoms in total. The van der Waals surface area contributed by atoms with E-state index in [4.69, 9.17) is 17.3 Å². The number of nitrogen functional groups attached to an aromatic ring is 1. The Morgan fingerprint density at radius 2 is 2.17 bits per heavy atom. The van der Waals surface area contributed by atoms with Gasteiger partial charge in [-0.2, -0.15) is 4.98 Å². The first-order valence-corrected chi connectivity index (χ1v) is 8.23. The Morgan fingerprint density at radius 3 is 2.96 bits per heavy atom. The van der Waals surface area contributed by atoms with Crippen molar-refractivity contribution in [1.82, 2.24) is 19.9 Å². The smallest absolute Gasteiger partial charge is 0.278 e. The maximum Gasteiger partial charge on any atom is 0.278 e. The molecular formula is C14H13ClN6O2S. The van der Waals surface area contributed by atoms with Crippen molar-refractivity contribution >= 4 is 52.1 Å². The summed E-state index contributed by atoms with van der Waals surface area (Å²) in [5.74, 6) is -0.115. The molecule has 0 spiro atoms. The van der Waals surface area contributed by atoms with Gasteiger partial charge < -0.3 is 16.0 Å². The van der Waals surface area contributed by atoms with Gasteiger partial charge in [0.15, 0.2) is 16.3 Å². The first kappa shape index (κ1) is 16.3. The summed E-state index contributed by atoms with van der Waals surface area (Å²) < 4.78 is 0. The number of hydrogen-bond donors (Lipinski definition) is 4. The van der Waals surface area contributed by atoms with Gasteiger partial charge in [0.05, 0.1) is 5.75 Å². The second kappa shape index (κ2) is 6.54. The van der Waals surface area contributed by atoms with Crippen molar-refractivity contribution in [2.45, 2.75) is 12.1 Å². The molecule has 0 fully saturated rings. The van der Waals surface area contributed by atoms with Crippen LogP contribution in [0.1, 0.15) is 5.56 Å². The van der Waals surface area contributed by atoms with Crippen LogP contribution in [0.3, 0.4) is 0 Å². The van der Waals surface area contributed by atoms with E-state index in [1.54, 1.807) is 12.1 Å². The number of nitrogens with zero attached hydrogens (tertiary/aromatic N) is 2. The van der Waals surface area contributed by atoms with Crippen molar-refractivity contribution in [1.29, 1.82) is 0 Å². The summed E-state index contributed by atoms with van der Waals surface area (Å²) in [5, 5.41) is 3.74. The van der Waals surface area contributed by atoms with Crippen LogP contribution in [0, 0.1) is 6.92 Å². The van der Waals surface area contributed by atoms with Gasteiger partial charge in [-0.25, -0.2) is 4.98 Å². The van der Waals surface area contributed by atoms with Crippen LogP contribution in [0.15, 0.2) is 28.2 Å². The normalized spacial score (nSPS) is 10.9. The Bertz CT molecular complexity index is 983. The summed E-state index contributed by atoms with van der Waals surface area (Å²) in [6.45, 7) is 1.88. The number of imidazole rings is 1. The number of anilines is 2. The summed E-state index contributed by atoms with van der Waals surface area (Å²) in [5.41, 5.74) is 7.06. The molecule has 0 saturated heterocycles. The molecule has 1 amide bonds. The highest BCUT2D eigenvalue weighted by molar-refractivity contribution is 7.99. The Balaban J connectivity index is 1.69. The number of carbonyl (C=O) groups is 1. The Labute approximate surface area is 145 Å². The van der Waals surface area contributed by atoms with Gasteiger partial charge in [0.25, 0.3) is 5.56 Å². The van der Waals surface area contributed by atoms with E-state index in [-0.39, 0.29) is 28.8 Å². The number of nitrogens with one attached hydrogen (secondary N) is 3. The van der Waals surface area contributed by atoms with Crippen molar-refractivity contribution in [3.05, 3.63) is 39.1 Å². The van der Waals surface area contributed by atoms with Crippen LogP contribution in [-0.4, -0.2) is 31.6 Å². The topological polar surface area (TPSA) is 130 Å². The number of benzene rings is 1. The van der Waals surface area contributed by atoms with Crippen molar-refractivity contribution in [2.24, 2.45) is 0 Å². The SMILES string of the molecule is Cc1ccc(Cl)cc1NC(=O)CSc1nc2nc(N)[nH]c(=O)c2[nH]1. The number of nitrogens with two attached hydrogens (primary N) is 1. The number of rotatable bonds is 4. The first-order valence-electron chi connectivity index (χ1n) is 6.86. The third-order valence-corrected chi connectivity index (χ3v) is 4.28. The monoisotopic (exact) mass is 364 g/mol. The third-order valence-electron chi connectivity index (χ3n) is 3.17. The quantitative estimate of drug-likeness (QED) is 0.523. The largest absolute Gasteiger partial charge is 0.369 e. The van der Waals surface area contributed by atoms with Crippen LogP contribution in [0.5, 0.6) is 0 Å². The van der Waals surface area contributed by atoms with Gasteiger partial charge in [0.2, 0.25) is 11.9 Å². The van der Waals surface area contributed by atoms with Crippen molar-refractivity contribution in [3.8, 4) is 0 Å². The molecule has 24 heavy (non-hydrogen) atoms. The van der Waals surface area contributed by atoms with Gasteiger partial charge in [0.1, 0.15) is 0 Å². The molecule has 3 aromatic rings. The van der Waals surface area contributed by atoms with Crippen LogP contribution in [0.25, 0.3) is 11.2 Å². The molecule has 0 aliphatic carbocycles. The number of carbonyl (C=O) groups excluding carboxylic acids is 1. The van der Waals surface area contributed by atoms with E-state index in [1.165, 1.54) is 0 Å². The summed E-state index contributed by atoms with van der Waals surface area (Å²) >= 11 is 7.08. The molecule has 0 radical (unpaired) electrons. The Morgan fingerprint density at radius 1 is 1.38 bits per heavy atom. The maximum absolute atomic E-state index is 12.1. The number of thioether (sulfide) groups is 1. The molecule has 5 N–H and O–H groups in total. The van der Waals surface area contributed by atoms with Gasteiger partial charge in [-0.1, -0.05) is 29.4 Å². The maximum atomic E-state index is 12.1. The lowest BCUT2D eigenvalue weighted by atomic mass is 10.2. The zero-order valence-corrected chi connectivity index (χ0v) is 14.1. The van der Waals surface area contributed by atoms with Gasteiger partial charge in [-0.05, 0) is 24.6 Å². The highest BCUT2D eigenvalue weighted by Gasteiger charge is 2.11. The lowest BCUT2D eigenvalue weighted by Crippen LogP contribution is -2.15. The van der Waals surface area contributed by atoms with E-state index >= 15 is 0 Å². The molecule has 124 valence electrons. The van der Waals surface area contributed by atoms with E-state index in [0.717, 1.165) is 17.3 Å². The van der Waals surface area contributed by atoms with Crippen LogP contribution < -0.4 is 16.6 Å². The van der Waals surface area contributed by atoms with Gasteiger partial charge >= 0.3 is 0 Å². The van der Waals surface area contributed by atoms with Crippen LogP contribution in [-0.2, 0) is 4.79 Å². The lowest BCUT2D eigenvalue weighted by Gasteiger charge is -2.08. The van der Waals surface area contributed by atoms with E-state index in [1.807, 2.05) is 13.0 Å². The minimum atomic E-state index is -0.407. The fourth-order valence-corrected chi connectivity index (χ4v) is 2.86. The van der Waals surface area contributed by atoms with Crippen molar-refractivity contribution in [3.63, 3.8) is 0 Å². The fraction of sp³-hybridized carbons (Fsp3) is 0.143. The number of H-pyrrole nitrogens is 2. The number of halogens is 1. The number of amides is 1. The summed E-state index contributed by atoms with van der Waals surface area (Å²) in [7, 11) is 0. The fourth-order valence-electron chi connectivity index (χ4n) is 2.02. The predicted octanol–water partition coefficient (Wildman–Crippen LogP) is 1.92. The minimum Gasteiger partial charge on any atom is -0.369 e. The van der Waals surface area contributed by atoms with Crippen LogP contribution in [0.4, 0.5) is 11.6 Å². The Kier molecular flexibility index (Phi) is 4.45. The zero-order chi connectivity index (χ0) is 17.3. The number of fused-ring (bicyclic) bond motifs is 1. The first-order chi connectivity index (χ1) is 11.4. The van der Waals surface area contributed by atoms with Crippen molar-refractivity contribution in [2.75, 3.05) is 16.8 Å². The van der Waals surface area contributed by atoms with E-state index in [0.29, 0.717) is 15.9 Å². The minimum absolute atomic E-state index is 0.00951. The second-order valence-corrected chi connectivity index (χ2v) is 6.39. The summed E-state index contributed by atoms with van der Waals surface area (Å²) in [6.07, 6.45) is 0. The highest BCUT2D eigenvalue weighted by Crippen LogP contribution is 2.21. The molecule has 2 heterocycles. The van der Waals surface area contributed by atoms with E-state index in [9.17, 15) is 9.59 Å². The molecule has 0 aliphatic rings. The molecule has 0 aliphatic heterocycles. The van der Waals surface area contributed by atoms with Crippen LogP contribution in [0.2, 0.25) is 5.02 Å². The average molecular weight is 365 g/mol. The molecule has 3 rings (SSSR count). The number of hydrogen-bond acceptors (Lipinski definition) is 6. The molecule has 0 unspecified atom stereocenters. The molecule has 10 heteroatoms. The third kappa shape index (κ3) is 3.52. The summed E-state index contributed by atoms with van der Waals surface area (Å²) in [4.78, 5) is 37.0. The Hall–Kier alpha value is -2.52. The summed E-state index contributed by atoms with van der Waals surface area (Å²) in [6, 6.07) is 5.27. The predicted molar refractivity (Wildman–Crippen MR) is 94.5 cm³/mol. The lowest BCUT2D eigenvalue weighted by molar-refractivity contribution is -0.113.